The van der Waals surface area contributed by atoms with E-state index in [0.29, 0.717) is 23.5 Å². The first-order chi connectivity index (χ1) is 8.17. The Kier molecular flexibility index (Phi) is 4.53. The molecule has 0 aromatic heterocycles. The van der Waals surface area contributed by atoms with Gasteiger partial charge in [-0.3, -0.25) is 4.79 Å². The van der Waals surface area contributed by atoms with E-state index in [2.05, 4.69) is 0 Å². The summed E-state index contributed by atoms with van der Waals surface area (Å²) in [5.74, 6) is 0.269. The molecule has 4 nitrogen and oxygen atoms in total. The Morgan fingerprint density at radius 3 is 2.47 bits per heavy atom. The second-order valence-corrected chi connectivity index (χ2v) is 3.50. The molecule has 0 amide bonds. The fraction of sp³-hybridized carbons (Fsp3) is 0.385. The molecule has 0 bridgehead atoms. The molecule has 1 unspecified atom stereocenters. The van der Waals surface area contributed by atoms with Crippen LogP contribution < -0.4 is 9.47 Å². The average molecular weight is 233 g/mol. The number of hydrogen-bond acceptors (Lipinski definition) is 4. The number of Topliss-reactive ketones (excluding diaryl/α,β-unsaturated/α-hetero) is 1. The van der Waals surface area contributed by atoms with Crippen molar-refractivity contribution in [3.8, 4) is 17.6 Å². The van der Waals surface area contributed by atoms with E-state index in [-0.39, 0.29) is 5.78 Å². The van der Waals surface area contributed by atoms with E-state index in [4.69, 9.17) is 14.7 Å². The van der Waals surface area contributed by atoms with Crippen LogP contribution in [0.4, 0.5) is 0 Å². The number of rotatable bonds is 5. The van der Waals surface area contributed by atoms with E-state index in [0.717, 1.165) is 0 Å². The van der Waals surface area contributed by atoms with Gasteiger partial charge >= 0.3 is 0 Å². The number of ketones is 1. The van der Waals surface area contributed by atoms with Crippen LogP contribution in [0.25, 0.3) is 0 Å². The Morgan fingerprint density at radius 2 is 2.00 bits per heavy atom. The number of hydrogen-bond donors (Lipinski definition) is 0. The van der Waals surface area contributed by atoms with Crippen LogP contribution in [0.5, 0.6) is 11.5 Å². The summed E-state index contributed by atoms with van der Waals surface area (Å²) >= 11 is 0. The molecular formula is C13H15NO3. The SMILES string of the molecule is CCC(=O)C(C#N)c1ccc(OC)c(OC)c1. The molecule has 17 heavy (non-hydrogen) atoms. The highest BCUT2D eigenvalue weighted by molar-refractivity contribution is 5.88. The van der Waals surface area contributed by atoms with Gasteiger partial charge in [-0.1, -0.05) is 13.0 Å². The Labute approximate surface area is 101 Å². The molecule has 0 aliphatic heterocycles. The summed E-state index contributed by atoms with van der Waals surface area (Å²) in [5.41, 5.74) is 0.636. The molecule has 0 N–H and O–H groups in total. The highest BCUT2D eigenvalue weighted by Crippen LogP contribution is 2.31. The minimum atomic E-state index is -0.736. The van der Waals surface area contributed by atoms with E-state index in [1.807, 2.05) is 6.07 Å². The van der Waals surface area contributed by atoms with Gasteiger partial charge in [0.05, 0.1) is 20.3 Å². The van der Waals surface area contributed by atoms with Crippen LogP contribution in [0.2, 0.25) is 0 Å². The van der Waals surface area contributed by atoms with Crippen LogP contribution in [-0.4, -0.2) is 20.0 Å². The highest BCUT2D eigenvalue weighted by atomic mass is 16.5. The quantitative estimate of drug-likeness (QED) is 0.782. The number of methoxy groups -OCH3 is 2. The maximum atomic E-state index is 11.6. The Bertz CT molecular complexity index is 448. The van der Waals surface area contributed by atoms with Crippen molar-refractivity contribution in [1.82, 2.24) is 0 Å². The number of nitriles is 1. The molecule has 0 heterocycles. The first-order valence-corrected chi connectivity index (χ1v) is 5.32. The van der Waals surface area contributed by atoms with Crippen molar-refractivity contribution in [1.29, 1.82) is 5.26 Å². The minimum Gasteiger partial charge on any atom is -0.493 e. The van der Waals surface area contributed by atoms with Crippen molar-refractivity contribution < 1.29 is 14.3 Å². The highest BCUT2D eigenvalue weighted by Gasteiger charge is 2.19. The molecule has 0 spiro atoms. The summed E-state index contributed by atoms with van der Waals surface area (Å²) in [6.45, 7) is 1.74. The number of carbonyl (C=O) groups is 1. The zero-order valence-corrected chi connectivity index (χ0v) is 10.2. The Hall–Kier alpha value is -2.02. The largest absolute Gasteiger partial charge is 0.493 e. The Morgan fingerprint density at radius 1 is 1.35 bits per heavy atom. The first kappa shape index (κ1) is 13.0. The maximum absolute atomic E-state index is 11.6. The average Bonchev–Trinajstić information content (AvgIpc) is 2.38. The van der Waals surface area contributed by atoms with E-state index in [9.17, 15) is 4.79 Å². The maximum Gasteiger partial charge on any atom is 0.161 e. The van der Waals surface area contributed by atoms with E-state index in [1.165, 1.54) is 14.2 Å². The van der Waals surface area contributed by atoms with Gasteiger partial charge in [-0.25, -0.2) is 0 Å². The topological polar surface area (TPSA) is 59.3 Å². The summed E-state index contributed by atoms with van der Waals surface area (Å²) < 4.78 is 10.2. The van der Waals surface area contributed by atoms with E-state index >= 15 is 0 Å². The molecule has 0 radical (unpaired) electrons. The summed E-state index contributed by atoms with van der Waals surface area (Å²) in [5, 5.41) is 9.03. The van der Waals surface area contributed by atoms with Crippen molar-refractivity contribution in [3.63, 3.8) is 0 Å². The third kappa shape index (κ3) is 2.76. The van der Waals surface area contributed by atoms with Gasteiger partial charge in [0.1, 0.15) is 5.92 Å². The molecule has 1 atom stereocenters. The molecule has 0 saturated carbocycles. The summed E-state index contributed by atoms with van der Waals surface area (Å²) in [6.07, 6.45) is 0.340. The first-order valence-electron chi connectivity index (χ1n) is 5.32. The molecule has 0 saturated heterocycles. The minimum absolute atomic E-state index is 0.0975. The van der Waals surface area contributed by atoms with Crippen LogP contribution in [0.1, 0.15) is 24.8 Å². The third-order valence-electron chi connectivity index (χ3n) is 2.54. The van der Waals surface area contributed by atoms with Crippen molar-refractivity contribution in [2.75, 3.05) is 14.2 Å². The molecule has 90 valence electrons. The van der Waals surface area contributed by atoms with Crippen molar-refractivity contribution in [3.05, 3.63) is 23.8 Å². The van der Waals surface area contributed by atoms with Gasteiger partial charge in [0, 0.05) is 6.42 Å². The summed E-state index contributed by atoms with van der Waals surface area (Å²) in [4.78, 5) is 11.6. The lowest BCUT2D eigenvalue weighted by molar-refractivity contribution is -0.119. The van der Waals surface area contributed by atoms with Crippen molar-refractivity contribution in [2.24, 2.45) is 0 Å². The molecular weight excluding hydrogens is 218 g/mol. The smallest absolute Gasteiger partial charge is 0.161 e. The van der Waals surface area contributed by atoms with Gasteiger partial charge in [-0.15, -0.1) is 0 Å². The van der Waals surface area contributed by atoms with Crippen molar-refractivity contribution >= 4 is 5.78 Å². The van der Waals surface area contributed by atoms with Gasteiger partial charge in [0.2, 0.25) is 0 Å². The number of carbonyl (C=O) groups excluding carboxylic acids is 1. The number of ether oxygens (including phenoxy) is 2. The van der Waals surface area contributed by atoms with Crippen LogP contribution in [-0.2, 0) is 4.79 Å². The molecule has 1 rings (SSSR count). The molecule has 0 aliphatic carbocycles. The summed E-state index contributed by atoms with van der Waals surface area (Å²) in [6, 6.07) is 7.09. The zero-order valence-electron chi connectivity index (χ0n) is 10.2. The standard InChI is InChI=1S/C13H15NO3/c1-4-11(15)10(8-14)9-5-6-12(16-2)13(7-9)17-3/h5-7,10H,4H2,1-3H3. The lowest BCUT2D eigenvalue weighted by Crippen LogP contribution is -2.09. The second-order valence-electron chi connectivity index (χ2n) is 3.50. The van der Waals surface area contributed by atoms with Gasteiger partial charge in [-0.05, 0) is 17.7 Å². The van der Waals surface area contributed by atoms with Crippen molar-refractivity contribution in [2.45, 2.75) is 19.3 Å². The van der Waals surface area contributed by atoms with Gasteiger partial charge in [-0.2, -0.15) is 5.26 Å². The molecule has 1 aromatic carbocycles. The molecule has 0 aliphatic rings. The van der Waals surface area contributed by atoms with Crippen LogP contribution in [0.15, 0.2) is 18.2 Å². The lowest BCUT2D eigenvalue weighted by atomic mass is 9.94. The fourth-order valence-electron chi connectivity index (χ4n) is 1.57. The fourth-order valence-corrected chi connectivity index (χ4v) is 1.57. The predicted octanol–water partition coefficient (Wildman–Crippen LogP) is 2.29. The summed E-state index contributed by atoms with van der Waals surface area (Å²) in [7, 11) is 3.06. The van der Waals surface area contributed by atoms with Crippen LogP contribution in [0, 0.1) is 11.3 Å². The monoisotopic (exact) mass is 233 g/mol. The zero-order chi connectivity index (χ0) is 12.8. The van der Waals surface area contributed by atoms with Crippen LogP contribution >= 0.6 is 0 Å². The molecule has 1 aromatic rings. The van der Waals surface area contributed by atoms with E-state index < -0.39 is 5.92 Å². The molecule has 0 fully saturated rings. The lowest BCUT2D eigenvalue weighted by Gasteiger charge is -2.11. The van der Waals surface area contributed by atoms with Gasteiger partial charge < -0.3 is 9.47 Å². The number of benzene rings is 1. The third-order valence-corrected chi connectivity index (χ3v) is 2.54. The van der Waals surface area contributed by atoms with E-state index in [1.54, 1.807) is 25.1 Å². The Balaban J connectivity index is 3.14. The van der Waals surface area contributed by atoms with Gasteiger partial charge in [0.15, 0.2) is 17.3 Å². The van der Waals surface area contributed by atoms with Crippen LogP contribution in [0.3, 0.4) is 0 Å². The number of nitrogens with zero attached hydrogens (tertiary/aromatic N) is 1. The second kappa shape index (κ2) is 5.90. The normalized spacial score (nSPS) is 11.4. The predicted molar refractivity (Wildman–Crippen MR) is 63.2 cm³/mol. The van der Waals surface area contributed by atoms with Gasteiger partial charge in [0.25, 0.3) is 0 Å². The molecule has 4 heteroatoms.